The minimum Gasteiger partial charge on any atom is -0.450 e. The van der Waals surface area contributed by atoms with Crippen LogP contribution in [-0.4, -0.2) is 20.4 Å². The SMILES string of the molecule is CC1=C(C(=O)Nc2ccccc2)[C@H](c2ccccc2)n2c(s/c(=C/c3ccc(Sc4ncccn4)o3)c2=O)=N1. The Bertz CT molecular complexity index is 1860. The molecule has 0 saturated heterocycles. The highest BCUT2D eigenvalue weighted by Crippen LogP contribution is 2.31. The Morgan fingerprint density at radius 2 is 1.72 bits per heavy atom. The smallest absolute Gasteiger partial charge is 0.271 e. The van der Waals surface area contributed by atoms with Crippen molar-refractivity contribution in [2.75, 3.05) is 5.32 Å². The van der Waals surface area contributed by atoms with Crippen molar-refractivity contribution in [2.24, 2.45) is 4.99 Å². The van der Waals surface area contributed by atoms with Crippen LogP contribution in [0.3, 0.4) is 0 Å². The summed E-state index contributed by atoms with van der Waals surface area (Å²) in [6.07, 6.45) is 5.03. The summed E-state index contributed by atoms with van der Waals surface area (Å²) in [7, 11) is 0. The summed E-state index contributed by atoms with van der Waals surface area (Å²) in [5, 5.41) is 4.13. The Balaban J connectivity index is 1.40. The van der Waals surface area contributed by atoms with Crippen molar-refractivity contribution in [1.82, 2.24) is 14.5 Å². The van der Waals surface area contributed by atoms with Gasteiger partial charge in [-0.05, 0) is 54.6 Å². The second kappa shape index (κ2) is 10.7. The van der Waals surface area contributed by atoms with Gasteiger partial charge in [0.25, 0.3) is 11.5 Å². The summed E-state index contributed by atoms with van der Waals surface area (Å²) >= 11 is 2.55. The van der Waals surface area contributed by atoms with E-state index in [0.29, 0.717) is 42.3 Å². The van der Waals surface area contributed by atoms with E-state index in [1.165, 1.54) is 23.1 Å². The number of amides is 1. The van der Waals surface area contributed by atoms with Gasteiger partial charge in [0.2, 0.25) is 0 Å². The number of anilines is 1. The standard InChI is InChI=1S/C29H21N5O3S2/c1-18-24(26(35)33-20-11-6-3-7-12-20)25(19-9-4-2-5-10-19)34-27(36)22(38-29(34)32-18)17-21-13-14-23(37-21)39-28-30-15-8-16-31-28/h2-17,25H,1H3,(H,33,35)/b22-17+/t25-/m0/s1. The van der Waals surface area contributed by atoms with Crippen LogP contribution in [0.25, 0.3) is 6.08 Å². The molecule has 6 rings (SSSR count). The lowest BCUT2D eigenvalue weighted by molar-refractivity contribution is -0.113. The third-order valence-electron chi connectivity index (χ3n) is 6.02. The van der Waals surface area contributed by atoms with Crippen LogP contribution in [0.4, 0.5) is 5.69 Å². The quantitative estimate of drug-likeness (QED) is 0.314. The van der Waals surface area contributed by atoms with Crippen molar-refractivity contribution < 1.29 is 9.21 Å². The second-order valence-electron chi connectivity index (χ2n) is 8.60. The monoisotopic (exact) mass is 551 g/mol. The molecule has 192 valence electrons. The summed E-state index contributed by atoms with van der Waals surface area (Å²) in [5.41, 5.74) is 2.21. The number of benzene rings is 2. The van der Waals surface area contributed by atoms with E-state index in [2.05, 4.69) is 20.3 Å². The van der Waals surface area contributed by atoms with Crippen LogP contribution in [0.15, 0.2) is 127 Å². The summed E-state index contributed by atoms with van der Waals surface area (Å²) in [5.74, 6) is 0.217. The van der Waals surface area contributed by atoms with Crippen molar-refractivity contribution in [2.45, 2.75) is 23.2 Å². The second-order valence-corrected chi connectivity index (χ2v) is 10.6. The fraction of sp³-hybridized carbons (Fsp3) is 0.0690. The fourth-order valence-corrected chi connectivity index (χ4v) is 6.01. The van der Waals surface area contributed by atoms with E-state index in [1.807, 2.05) is 66.7 Å². The Morgan fingerprint density at radius 1 is 1.00 bits per heavy atom. The summed E-state index contributed by atoms with van der Waals surface area (Å²) in [4.78, 5) is 40.9. The van der Waals surface area contributed by atoms with Crippen molar-refractivity contribution in [1.29, 1.82) is 0 Å². The molecule has 39 heavy (non-hydrogen) atoms. The number of nitrogens with one attached hydrogen (secondary N) is 1. The minimum atomic E-state index is -0.633. The van der Waals surface area contributed by atoms with Gasteiger partial charge >= 0.3 is 0 Å². The van der Waals surface area contributed by atoms with E-state index in [1.54, 1.807) is 42.1 Å². The third-order valence-corrected chi connectivity index (χ3v) is 7.82. The van der Waals surface area contributed by atoms with Gasteiger partial charge in [-0.2, -0.15) is 0 Å². The zero-order chi connectivity index (χ0) is 26.8. The zero-order valence-electron chi connectivity index (χ0n) is 20.6. The number of furan rings is 1. The highest BCUT2D eigenvalue weighted by atomic mass is 32.2. The molecule has 8 nitrogen and oxygen atoms in total. The highest BCUT2D eigenvalue weighted by molar-refractivity contribution is 7.99. The lowest BCUT2D eigenvalue weighted by atomic mass is 9.95. The molecule has 0 saturated carbocycles. The molecule has 1 aliphatic rings. The molecule has 0 spiro atoms. The van der Waals surface area contributed by atoms with Crippen LogP contribution in [-0.2, 0) is 4.79 Å². The molecule has 1 N–H and O–H groups in total. The van der Waals surface area contributed by atoms with Crippen LogP contribution in [0.2, 0.25) is 0 Å². The Morgan fingerprint density at radius 3 is 2.46 bits per heavy atom. The molecule has 0 aliphatic carbocycles. The maximum Gasteiger partial charge on any atom is 0.271 e. The van der Waals surface area contributed by atoms with Gasteiger partial charge in [0.15, 0.2) is 15.1 Å². The molecule has 3 aromatic heterocycles. The van der Waals surface area contributed by atoms with Gasteiger partial charge in [0, 0.05) is 24.2 Å². The van der Waals surface area contributed by atoms with Gasteiger partial charge in [0.1, 0.15) is 5.76 Å². The van der Waals surface area contributed by atoms with Crippen molar-refractivity contribution >= 4 is 40.8 Å². The van der Waals surface area contributed by atoms with E-state index in [9.17, 15) is 9.59 Å². The average molecular weight is 552 g/mol. The molecule has 10 heteroatoms. The van der Waals surface area contributed by atoms with E-state index in [-0.39, 0.29) is 11.5 Å². The van der Waals surface area contributed by atoms with Crippen molar-refractivity contribution in [3.8, 4) is 0 Å². The van der Waals surface area contributed by atoms with E-state index in [0.717, 1.165) is 5.56 Å². The maximum absolute atomic E-state index is 13.8. The number of carbonyl (C=O) groups is 1. The molecule has 4 heterocycles. The molecule has 0 fully saturated rings. The molecule has 0 bridgehead atoms. The molecule has 0 unspecified atom stereocenters. The summed E-state index contributed by atoms with van der Waals surface area (Å²) < 4.78 is 7.96. The lowest BCUT2D eigenvalue weighted by Gasteiger charge is -2.25. The van der Waals surface area contributed by atoms with Crippen molar-refractivity contribution in [3.05, 3.63) is 134 Å². The number of para-hydroxylation sites is 1. The van der Waals surface area contributed by atoms with Gasteiger partial charge in [-0.1, -0.05) is 59.9 Å². The van der Waals surface area contributed by atoms with Gasteiger partial charge in [-0.15, -0.1) is 0 Å². The Kier molecular flexibility index (Phi) is 6.78. The number of nitrogens with zero attached hydrogens (tertiary/aromatic N) is 4. The first-order valence-corrected chi connectivity index (χ1v) is 13.7. The number of rotatable bonds is 6. The predicted molar refractivity (Wildman–Crippen MR) is 150 cm³/mol. The molecule has 5 aromatic rings. The average Bonchev–Trinajstić information content (AvgIpc) is 3.52. The number of aromatic nitrogens is 3. The Hall–Kier alpha value is -4.54. The van der Waals surface area contributed by atoms with E-state index >= 15 is 0 Å². The normalized spacial score (nSPS) is 15.1. The minimum absolute atomic E-state index is 0.248. The van der Waals surface area contributed by atoms with Crippen LogP contribution in [0, 0.1) is 0 Å². The number of thiazole rings is 1. The van der Waals surface area contributed by atoms with E-state index < -0.39 is 6.04 Å². The maximum atomic E-state index is 13.8. The molecule has 1 amide bonds. The first-order valence-electron chi connectivity index (χ1n) is 12.1. The molecule has 2 aromatic carbocycles. The predicted octanol–water partition coefficient (Wildman–Crippen LogP) is 4.41. The molecular formula is C29H21N5O3S2. The molecule has 1 aliphatic heterocycles. The van der Waals surface area contributed by atoms with Crippen LogP contribution >= 0.6 is 23.1 Å². The largest absolute Gasteiger partial charge is 0.450 e. The van der Waals surface area contributed by atoms with Gasteiger partial charge in [-0.25, -0.2) is 15.0 Å². The number of allylic oxidation sites excluding steroid dienone is 1. The third kappa shape index (κ3) is 5.12. The van der Waals surface area contributed by atoms with Gasteiger partial charge < -0.3 is 9.73 Å². The highest BCUT2D eigenvalue weighted by Gasteiger charge is 2.32. The number of fused-ring (bicyclic) bond motifs is 1. The number of hydrogen-bond acceptors (Lipinski definition) is 8. The first kappa shape index (κ1) is 24.8. The lowest BCUT2D eigenvalue weighted by Crippen LogP contribution is -2.40. The van der Waals surface area contributed by atoms with Crippen LogP contribution in [0.5, 0.6) is 0 Å². The van der Waals surface area contributed by atoms with Gasteiger partial charge in [-0.3, -0.25) is 14.2 Å². The van der Waals surface area contributed by atoms with Crippen LogP contribution in [0.1, 0.15) is 24.3 Å². The van der Waals surface area contributed by atoms with Crippen LogP contribution < -0.4 is 20.2 Å². The Labute approximate surface area is 231 Å². The molecular weight excluding hydrogens is 530 g/mol. The number of carbonyl (C=O) groups excluding carboxylic acids is 1. The molecule has 0 radical (unpaired) electrons. The molecule has 1 atom stereocenters. The summed E-state index contributed by atoms with van der Waals surface area (Å²) in [6.45, 7) is 1.80. The number of hydrogen-bond donors (Lipinski definition) is 1. The zero-order valence-corrected chi connectivity index (χ0v) is 22.3. The topological polar surface area (TPSA) is 102 Å². The van der Waals surface area contributed by atoms with Crippen molar-refractivity contribution in [3.63, 3.8) is 0 Å². The fourth-order valence-electron chi connectivity index (χ4n) is 4.31. The van der Waals surface area contributed by atoms with E-state index in [4.69, 9.17) is 4.42 Å². The first-order chi connectivity index (χ1) is 19.1. The summed E-state index contributed by atoms with van der Waals surface area (Å²) in [6, 6.07) is 23.5. The van der Waals surface area contributed by atoms with Gasteiger partial charge in [0.05, 0.1) is 21.8 Å².